The molecule has 0 aliphatic heterocycles. The van der Waals surface area contributed by atoms with Gasteiger partial charge in [-0.3, -0.25) is 0 Å². The molecular weight excluding hydrogens is 372 g/mol. The molecule has 0 amide bonds. The summed E-state index contributed by atoms with van der Waals surface area (Å²) >= 11 is 4.38. The van der Waals surface area contributed by atoms with E-state index in [1.165, 1.54) is 5.56 Å². The lowest BCUT2D eigenvalue weighted by molar-refractivity contribution is 0.577. The van der Waals surface area contributed by atoms with Gasteiger partial charge in [0.2, 0.25) is 0 Å². The summed E-state index contributed by atoms with van der Waals surface area (Å²) in [6.07, 6.45) is 0. The van der Waals surface area contributed by atoms with Crippen molar-refractivity contribution >= 4 is 17.4 Å². The Hall–Kier alpha value is -3.56. The van der Waals surface area contributed by atoms with Gasteiger partial charge in [0.25, 0.3) is 0 Å². The van der Waals surface area contributed by atoms with Gasteiger partial charge in [0.1, 0.15) is 11.6 Å². The quantitative estimate of drug-likeness (QED) is 0.295. The Kier molecular flexibility index (Phi) is 6.10. The van der Waals surface area contributed by atoms with Crippen molar-refractivity contribution in [3.63, 3.8) is 0 Å². The van der Waals surface area contributed by atoms with E-state index in [0.29, 0.717) is 5.56 Å². The molecule has 0 unspecified atom stereocenters. The molecule has 28 heavy (non-hydrogen) atoms. The van der Waals surface area contributed by atoms with Crippen LogP contribution in [0, 0.1) is 42.4 Å². The number of isothiocyanates is 1. The Morgan fingerprint density at radius 2 is 1.32 bits per heavy atom. The van der Waals surface area contributed by atoms with Crippen LogP contribution in [0.25, 0.3) is 11.1 Å². The van der Waals surface area contributed by atoms with Crippen LogP contribution in [0.1, 0.15) is 22.3 Å². The third kappa shape index (κ3) is 4.78. The summed E-state index contributed by atoms with van der Waals surface area (Å²) in [5, 5.41) is 2.06. The molecule has 0 N–H and O–H groups in total. The Balaban J connectivity index is 1.84. The second-order valence-corrected chi connectivity index (χ2v) is 6.13. The first-order chi connectivity index (χ1) is 13.6. The second-order valence-electron chi connectivity index (χ2n) is 5.95. The van der Waals surface area contributed by atoms with E-state index in [4.69, 9.17) is 0 Å². The van der Waals surface area contributed by atoms with Crippen molar-refractivity contribution in [2.45, 2.75) is 6.92 Å². The lowest BCUT2D eigenvalue weighted by Crippen LogP contribution is -1.92. The lowest BCUT2D eigenvalue weighted by atomic mass is 10.0. The smallest absolute Gasteiger partial charge is 0.143 e. The minimum atomic E-state index is -0.778. The van der Waals surface area contributed by atoms with Gasteiger partial charge in [0.15, 0.2) is 0 Å². The van der Waals surface area contributed by atoms with Gasteiger partial charge in [0, 0.05) is 11.1 Å². The highest BCUT2D eigenvalue weighted by Gasteiger charge is 2.08. The van der Waals surface area contributed by atoms with E-state index in [1.807, 2.05) is 55.5 Å². The molecule has 0 heterocycles. The van der Waals surface area contributed by atoms with Gasteiger partial charge in [-0.05, 0) is 60.5 Å². The molecule has 0 atom stereocenters. The number of hydrogen-bond donors (Lipinski definition) is 0. The molecule has 0 saturated heterocycles. The van der Waals surface area contributed by atoms with Crippen LogP contribution >= 0.6 is 12.2 Å². The Bertz CT molecular complexity index is 1160. The van der Waals surface area contributed by atoms with E-state index in [9.17, 15) is 8.78 Å². The van der Waals surface area contributed by atoms with E-state index < -0.39 is 11.6 Å². The number of aryl methyl sites for hydroxylation is 1. The molecule has 0 radical (unpaired) electrons. The lowest BCUT2D eigenvalue weighted by Gasteiger charge is -2.02. The monoisotopic (exact) mass is 385 g/mol. The van der Waals surface area contributed by atoms with E-state index >= 15 is 0 Å². The molecule has 3 aromatic rings. The second kappa shape index (κ2) is 8.89. The van der Waals surface area contributed by atoms with Crippen LogP contribution in [0.15, 0.2) is 65.7 Å². The molecule has 0 aromatic heterocycles. The highest BCUT2D eigenvalue weighted by atomic mass is 32.1. The Morgan fingerprint density at radius 1 is 0.750 bits per heavy atom. The maximum absolute atomic E-state index is 14.2. The fourth-order valence-electron chi connectivity index (χ4n) is 2.51. The molecule has 0 aliphatic carbocycles. The molecule has 0 aliphatic rings. The van der Waals surface area contributed by atoms with Crippen molar-refractivity contribution in [1.82, 2.24) is 0 Å². The minimum Gasteiger partial charge on any atom is -0.205 e. The SMILES string of the molecule is Cc1ccc(-c2ccc(C#Cc3c(F)cc(C#CN=C=S)cc3F)cc2)cc1. The van der Waals surface area contributed by atoms with Crippen LogP contribution in [-0.4, -0.2) is 5.16 Å². The number of hydrogen-bond acceptors (Lipinski definition) is 2. The van der Waals surface area contributed by atoms with Gasteiger partial charge in [0.05, 0.1) is 16.8 Å². The van der Waals surface area contributed by atoms with Gasteiger partial charge >= 0.3 is 0 Å². The highest BCUT2D eigenvalue weighted by Crippen LogP contribution is 2.20. The van der Waals surface area contributed by atoms with Crippen LogP contribution in [0.4, 0.5) is 8.78 Å². The Morgan fingerprint density at radius 3 is 1.89 bits per heavy atom. The summed E-state index contributed by atoms with van der Waals surface area (Å²) in [5.74, 6) is 6.27. The van der Waals surface area contributed by atoms with Crippen molar-refractivity contribution in [2.75, 3.05) is 0 Å². The zero-order valence-electron chi connectivity index (χ0n) is 14.9. The normalized spacial score (nSPS) is 9.39. The van der Waals surface area contributed by atoms with Crippen molar-refractivity contribution in [3.8, 4) is 34.9 Å². The molecule has 0 spiro atoms. The van der Waals surface area contributed by atoms with Crippen molar-refractivity contribution in [3.05, 3.63) is 94.6 Å². The van der Waals surface area contributed by atoms with Crippen molar-refractivity contribution in [2.24, 2.45) is 4.99 Å². The predicted octanol–water partition coefficient (Wildman–Crippen LogP) is 5.75. The minimum absolute atomic E-state index is 0.150. The van der Waals surface area contributed by atoms with Crippen LogP contribution < -0.4 is 0 Å². The van der Waals surface area contributed by atoms with Crippen LogP contribution in [0.2, 0.25) is 0 Å². The van der Waals surface area contributed by atoms with Gasteiger partial charge in [-0.2, -0.15) is 0 Å². The number of thiocarbonyl (C=S) groups is 1. The summed E-state index contributed by atoms with van der Waals surface area (Å²) in [4.78, 5) is 3.39. The van der Waals surface area contributed by atoms with Gasteiger partial charge < -0.3 is 0 Å². The molecule has 0 bridgehead atoms. The molecule has 134 valence electrons. The van der Waals surface area contributed by atoms with Crippen molar-refractivity contribution < 1.29 is 8.78 Å². The average Bonchev–Trinajstić information content (AvgIpc) is 2.69. The molecular formula is C24H13F2NS. The maximum atomic E-state index is 14.2. The predicted molar refractivity (Wildman–Crippen MR) is 111 cm³/mol. The molecule has 0 saturated carbocycles. The number of benzene rings is 3. The van der Waals surface area contributed by atoms with Gasteiger partial charge in [-0.15, -0.1) is 4.99 Å². The zero-order valence-corrected chi connectivity index (χ0v) is 15.7. The Labute approximate surface area is 167 Å². The number of nitrogens with zero attached hydrogens (tertiary/aromatic N) is 1. The first kappa shape index (κ1) is 19.2. The van der Waals surface area contributed by atoms with E-state index in [1.54, 1.807) is 0 Å². The molecule has 3 rings (SSSR count). The third-order valence-corrected chi connectivity index (χ3v) is 4.04. The molecule has 3 aromatic carbocycles. The summed E-state index contributed by atoms with van der Waals surface area (Å²) < 4.78 is 28.3. The number of rotatable bonds is 1. The average molecular weight is 385 g/mol. The zero-order chi connectivity index (χ0) is 19.9. The molecule has 4 heteroatoms. The first-order valence-corrected chi connectivity index (χ1v) is 8.73. The summed E-state index contributed by atoms with van der Waals surface area (Å²) in [6, 6.07) is 20.2. The van der Waals surface area contributed by atoms with E-state index in [-0.39, 0.29) is 11.1 Å². The number of aliphatic imine (C=N–C) groups is 1. The van der Waals surface area contributed by atoms with E-state index in [2.05, 4.69) is 46.2 Å². The van der Waals surface area contributed by atoms with E-state index in [0.717, 1.165) is 23.3 Å². The van der Waals surface area contributed by atoms with Crippen LogP contribution in [-0.2, 0) is 0 Å². The standard InChI is InChI=1S/C24H13F2NS/c1-17-2-7-20(8-3-17)21-9-4-18(5-10-21)6-11-22-23(25)14-19(15-24(22)26)12-13-27-16-28/h2-5,7-10,14-15H,1H3. The highest BCUT2D eigenvalue weighted by molar-refractivity contribution is 7.78. The molecule has 1 nitrogen and oxygen atoms in total. The maximum Gasteiger partial charge on any atom is 0.143 e. The van der Waals surface area contributed by atoms with Gasteiger partial charge in [-0.1, -0.05) is 53.8 Å². The fourth-order valence-corrected chi connectivity index (χ4v) is 2.55. The van der Waals surface area contributed by atoms with Crippen LogP contribution in [0.5, 0.6) is 0 Å². The fraction of sp³-hybridized carbons (Fsp3) is 0.0417. The van der Waals surface area contributed by atoms with Crippen LogP contribution in [0.3, 0.4) is 0 Å². The summed E-state index contributed by atoms with van der Waals surface area (Å²) in [6.45, 7) is 2.04. The van der Waals surface area contributed by atoms with Crippen molar-refractivity contribution in [1.29, 1.82) is 0 Å². The topological polar surface area (TPSA) is 12.4 Å². The summed E-state index contributed by atoms with van der Waals surface area (Å²) in [7, 11) is 0. The summed E-state index contributed by atoms with van der Waals surface area (Å²) in [5.41, 5.74) is 3.85. The first-order valence-electron chi connectivity index (χ1n) is 8.33. The number of halogens is 2. The van der Waals surface area contributed by atoms with Gasteiger partial charge in [-0.25, -0.2) is 8.78 Å². The molecule has 0 fully saturated rings. The largest absolute Gasteiger partial charge is 0.205 e. The third-order valence-electron chi connectivity index (χ3n) is 3.95.